The van der Waals surface area contributed by atoms with Crippen LogP contribution >= 0.6 is 11.6 Å². The number of anilines is 1. The summed E-state index contributed by atoms with van der Waals surface area (Å²) in [5, 5.41) is 13.9. The van der Waals surface area contributed by atoms with Crippen LogP contribution in [-0.2, 0) is 0 Å². The molecule has 0 saturated carbocycles. The fourth-order valence-electron chi connectivity index (χ4n) is 1.67. The summed E-state index contributed by atoms with van der Waals surface area (Å²) < 4.78 is 0. The third-order valence-corrected chi connectivity index (χ3v) is 3.02. The quantitative estimate of drug-likeness (QED) is 0.663. The molecular formula is C15H13ClN2O2. The van der Waals surface area contributed by atoms with Crippen molar-refractivity contribution in [2.24, 2.45) is 5.10 Å². The summed E-state index contributed by atoms with van der Waals surface area (Å²) in [5.41, 5.74) is 5.06. The molecule has 0 unspecified atom stereocenters. The molecule has 0 heterocycles. The second kappa shape index (κ2) is 6.21. The number of hydrogen-bond acceptors (Lipinski definition) is 3. The van der Waals surface area contributed by atoms with E-state index >= 15 is 0 Å². The minimum absolute atomic E-state index is 0.181. The van der Waals surface area contributed by atoms with E-state index in [1.807, 2.05) is 19.1 Å². The van der Waals surface area contributed by atoms with Crippen molar-refractivity contribution in [3.63, 3.8) is 0 Å². The molecule has 0 fully saturated rings. The van der Waals surface area contributed by atoms with E-state index in [1.54, 1.807) is 30.3 Å². The van der Waals surface area contributed by atoms with Gasteiger partial charge in [-0.1, -0.05) is 35.9 Å². The van der Waals surface area contributed by atoms with Crippen LogP contribution in [-0.4, -0.2) is 16.8 Å². The van der Waals surface area contributed by atoms with E-state index < -0.39 is 5.97 Å². The van der Waals surface area contributed by atoms with Gasteiger partial charge in [-0.05, 0) is 36.8 Å². The van der Waals surface area contributed by atoms with E-state index in [2.05, 4.69) is 10.5 Å². The maximum atomic E-state index is 11.1. The second-order valence-electron chi connectivity index (χ2n) is 4.17. The first kappa shape index (κ1) is 14.1. The number of hydrazone groups is 1. The van der Waals surface area contributed by atoms with E-state index in [0.717, 1.165) is 11.3 Å². The third kappa shape index (κ3) is 3.36. The van der Waals surface area contributed by atoms with E-state index in [1.165, 1.54) is 6.07 Å². The second-order valence-corrected chi connectivity index (χ2v) is 4.60. The fourth-order valence-corrected chi connectivity index (χ4v) is 1.79. The number of nitrogens with zero attached hydrogens (tertiary/aromatic N) is 1. The Labute approximate surface area is 121 Å². The van der Waals surface area contributed by atoms with Crippen molar-refractivity contribution in [1.82, 2.24) is 0 Å². The van der Waals surface area contributed by atoms with Crippen LogP contribution in [0.25, 0.3) is 0 Å². The van der Waals surface area contributed by atoms with Crippen LogP contribution < -0.4 is 5.43 Å². The largest absolute Gasteiger partial charge is 0.478 e. The SMILES string of the molecule is C/C(=N/Nc1ccccc1C(=O)O)c1ccc(Cl)cc1. The van der Waals surface area contributed by atoms with Crippen LogP contribution in [0, 0.1) is 0 Å². The molecule has 20 heavy (non-hydrogen) atoms. The van der Waals surface area contributed by atoms with Gasteiger partial charge >= 0.3 is 5.97 Å². The minimum Gasteiger partial charge on any atom is -0.478 e. The van der Waals surface area contributed by atoms with Gasteiger partial charge < -0.3 is 5.11 Å². The fraction of sp³-hybridized carbons (Fsp3) is 0.0667. The highest BCUT2D eigenvalue weighted by atomic mass is 35.5. The zero-order chi connectivity index (χ0) is 14.5. The molecule has 2 aromatic rings. The highest BCUT2D eigenvalue weighted by Gasteiger charge is 2.08. The number of rotatable bonds is 4. The summed E-state index contributed by atoms with van der Waals surface area (Å²) >= 11 is 5.82. The van der Waals surface area contributed by atoms with Crippen molar-refractivity contribution < 1.29 is 9.90 Å². The van der Waals surface area contributed by atoms with Gasteiger partial charge in [-0.15, -0.1) is 0 Å². The Morgan fingerprint density at radius 3 is 2.45 bits per heavy atom. The number of carboxylic acids is 1. The molecule has 0 radical (unpaired) electrons. The van der Waals surface area contributed by atoms with Crippen molar-refractivity contribution in [1.29, 1.82) is 0 Å². The average molecular weight is 289 g/mol. The smallest absolute Gasteiger partial charge is 0.337 e. The number of carbonyl (C=O) groups is 1. The van der Waals surface area contributed by atoms with Gasteiger partial charge in [0.2, 0.25) is 0 Å². The van der Waals surface area contributed by atoms with Crippen LogP contribution in [0.3, 0.4) is 0 Å². The highest BCUT2D eigenvalue weighted by Crippen LogP contribution is 2.15. The first-order chi connectivity index (χ1) is 9.58. The number of nitrogens with one attached hydrogen (secondary N) is 1. The Hall–Kier alpha value is -2.33. The van der Waals surface area contributed by atoms with Gasteiger partial charge in [-0.2, -0.15) is 5.10 Å². The topological polar surface area (TPSA) is 61.7 Å². The van der Waals surface area contributed by atoms with Gasteiger partial charge in [-0.3, -0.25) is 5.43 Å². The predicted molar refractivity (Wildman–Crippen MR) is 80.7 cm³/mol. The standard InChI is InChI=1S/C15H13ClN2O2/c1-10(11-6-8-12(16)9-7-11)17-18-14-5-3-2-4-13(14)15(19)20/h2-9,18H,1H3,(H,19,20)/b17-10-. The maximum Gasteiger partial charge on any atom is 0.337 e. The molecule has 0 atom stereocenters. The van der Waals surface area contributed by atoms with Crippen LogP contribution in [0.1, 0.15) is 22.8 Å². The molecule has 0 amide bonds. The Balaban J connectivity index is 2.21. The molecule has 0 saturated heterocycles. The lowest BCUT2D eigenvalue weighted by Crippen LogP contribution is -2.04. The summed E-state index contributed by atoms with van der Waals surface area (Å²) in [6, 6.07) is 13.9. The minimum atomic E-state index is -0.993. The Bertz CT molecular complexity index is 651. The van der Waals surface area contributed by atoms with E-state index in [4.69, 9.17) is 16.7 Å². The van der Waals surface area contributed by atoms with Crippen LogP contribution in [0.2, 0.25) is 5.02 Å². The van der Waals surface area contributed by atoms with Gasteiger partial charge in [-0.25, -0.2) is 4.79 Å². The summed E-state index contributed by atoms with van der Waals surface area (Å²) in [4.78, 5) is 11.1. The zero-order valence-corrected chi connectivity index (χ0v) is 11.6. The molecule has 102 valence electrons. The predicted octanol–water partition coefficient (Wildman–Crippen LogP) is 3.87. The number of hydrogen-bond donors (Lipinski definition) is 2. The third-order valence-electron chi connectivity index (χ3n) is 2.76. The lowest BCUT2D eigenvalue weighted by molar-refractivity contribution is 0.0698. The normalized spacial score (nSPS) is 11.2. The molecule has 0 aliphatic heterocycles. The number of carboxylic acid groups (broad SMARTS) is 1. The molecule has 0 aliphatic carbocycles. The van der Waals surface area contributed by atoms with Crippen LogP contribution in [0.4, 0.5) is 5.69 Å². The van der Waals surface area contributed by atoms with E-state index in [-0.39, 0.29) is 5.56 Å². The molecule has 2 aromatic carbocycles. The molecular weight excluding hydrogens is 276 g/mol. The first-order valence-corrected chi connectivity index (χ1v) is 6.34. The van der Waals surface area contributed by atoms with Gasteiger partial charge in [0.05, 0.1) is 17.0 Å². The molecule has 5 heteroatoms. The summed E-state index contributed by atoms with van der Waals surface area (Å²) in [7, 11) is 0. The lowest BCUT2D eigenvalue weighted by atomic mass is 10.1. The Kier molecular flexibility index (Phi) is 4.38. The van der Waals surface area contributed by atoms with Gasteiger partial charge in [0.1, 0.15) is 0 Å². The molecule has 0 spiro atoms. The highest BCUT2D eigenvalue weighted by molar-refractivity contribution is 6.30. The number of para-hydroxylation sites is 1. The number of benzene rings is 2. The molecule has 2 N–H and O–H groups in total. The van der Waals surface area contributed by atoms with Gasteiger partial charge in [0, 0.05) is 5.02 Å². The number of halogens is 1. The number of aromatic carboxylic acids is 1. The zero-order valence-electron chi connectivity index (χ0n) is 10.8. The van der Waals surface area contributed by atoms with Crippen molar-refractivity contribution in [2.75, 3.05) is 5.43 Å². The average Bonchev–Trinajstić information content (AvgIpc) is 2.45. The Morgan fingerprint density at radius 1 is 1.15 bits per heavy atom. The van der Waals surface area contributed by atoms with E-state index in [0.29, 0.717) is 10.7 Å². The van der Waals surface area contributed by atoms with Crippen LogP contribution in [0.5, 0.6) is 0 Å². The maximum absolute atomic E-state index is 11.1. The molecule has 0 aromatic heterocycles. The monoisotopic (exact) mass is 288 g/mol. The molecule has 0 bridgehead atoms. The molecule has 0 aliphatic rings. The summed E-state index contributed by atoms with van der Waals surface area (Å²) in [5.74, 6) is -0.993. The van der Waals surface area contributed by atoms with Crippen molar-refractivity contribution in [3.8, 4) is 0 Å². The first-order valence-electron chi connectivity index (χ1n) is 5.96. The molecule has 4 nitrogen and oxygen atoms in total. The summed E-state index contributed by atoms with van der Waals surface area (Å²) in [6.07, 6.45) is 0. The van der Waals surface area contributed by atoms with Crippen molar-refractivity contribution in [2.45, 2.75) is 6.92 Å². The Morgan fingerprint density at radius 2 is 1.80 bits per heavy atom. The van der Waals surface area contributed by atoms with Gasteiger partial charge in [0.15, 0.2) is 0 Å². The van der Waals surface area contributed by atoms with Crippen LogP contribution in [0.15, 0.2) is 53.6 Å². The lowest BCUT2D eigenvalue weighted by Gasteiger charge is -2.06. The van der Waals surface area contributed by atoms with E-state index in [9.17, 15) is 4.79 Å². The van der Waals surface area contributed by atoms with Gasteiger partial charge in [0.25, 0.3) is 0 Å². The summed E-state index contributed by atoms with van der Waals surface area (Å²) in [6.45, 7) is 1.83. The van der Waals surface area contributed by atoms with Crippen molar-refractivity contribution in [3.05, 3.63) is 64.7 Å². The van der Waals surface area contributed by atoms with Crippen molar-refractivity contribution >= 4 is 29.0 Å². The molecule has 2 rings (SSSR count).